The van der Waals surface area contributed by atoms with Gasteiger partial charge in [0.15, 0.2) is 11.6 Å². The molecule has 0 bridgehead atoms. The third-order valence-electron chi connectivity index (χ3n) is 6.01. The summed E-state index contributed by atoms with van der Waals surface area (Å²) in [5, 5.41) is 4.14. The number of amides is 1. The van der Waals surface area contributed by atoms with Crippen molar-refractivity contribution in [3.63, 3.8) is 0 Å². The van der Waals surface area contributed by atoms with E-state index in [1.54, 1.807) is 25.3 Å². The molecule has 34 heavy (non-hydrogen) atoms. The van der Waals surface area contributed by atoms with Gasteiger partial charge in [0.2, 0.25) is 0 Å². The first-order valence-corrected chi connectivity index (χ1v) is 12.2. The van der Waals surface area contributed by atoms with Gasteiger partial charge in [-0.1, -0.05) is 6.92 Å². The Hall–Kier alpha value is -3.25. The highest BCUT2D eigenvalue weighted by molar-refractivity contribution is 7.87. The van der Waals surface area contributed by atoms with Crippen molar-refractivity contribution in [1.29, 1.82) is 0 Å². The molecule has 1 aliphatic heterocycles. The van der Waals surface area contributed by atoms with Crippen LogP contribution in [0.4, 0.5) is 14.5 Å². The first kappa shape index (κ1) is 23.9. The molecule has 0 aliphatic carbocycles. The number of hydrogen-bond donors (Lipinski definition) is 1. The maximum atomic E-state index is 14.3. The third-order valence-corrected chi connectivity index (χ3v) is 7.53. The zero-order valence-electron chi connectivity index (χ0n) is 19.0. The number of rotatable bonds is 7. The number of carbonyl (C=O) groups excluding carboxylic acids is 1. The molecule has 3 heterocycles. The van der Waals surface area contributed by atoms with E-state index in [4.69, 9.17) is 4.74 Å². The van der Waals surface area contributed by atoms with E-state index in [9.17, 15) is 22.0 Å². The molecular formula is C22H25F2N5O4S. The number of nitrogens with zero attached hydrogens (tertiary/aromatic N) is 4. The first-order valence-electron chi connectivity index (χ1n) is 10.7. The fourth-order valence-corrected chi connectivity index (χ4v) is 5.03. The standard InChI is InChI=1S/C22H25F2N5O4S/c1-4-27(2)34(31,32)26-22(30)17-13-25-29-9-7-15(12-20(17)29)28-8-5-6-19(28)16-10-14(23)11-18(24)21(16)33-3/h7,9-13,19H,4-6,8H2,1-3H3,(H,26,30). The lowest BCUT2D eigenvalue weighted by Crippen LogP contribution is -2.41. The van der Waals surface area contributed by atoms with Crippen LogP contribution < -0.4 is 14.4 Å². The van der Waals surface area contributed by atoms with Crippen LogP contribution in [0.2, 0.25) is 0 Å². The molecule has 1 saturated heterocycles. The molecule has 1 fully saturated rings. The SMILES string of the molecule is CCN(C)S(=O)(=O)NC(=O)c1cnn2ccc(N3CCCC3c3cc(F)cc(F)c3OC)cc12. The molecule has 2 aromatic heterocycles. The van der Waals surface area contributed by atoms with Crippen molar-refractivity contribution < 1.29 is 26.7 Å². The van der Waals surface area contributed by atoms with Crippen LogP contribution in [0.3, 0.4) is 0 Å². The number of nitrogens with one attached hydrogen (secondary N) is 1. The number of methoxy groups -OCH3 is 1. The molecule has 3 aromatic rings. The number of carbonyl (C=O) groups is 1. The predicted octanol–water partition coefficient (Wildman–Crippen LogP) is 2.89. The molecule has 9 nitrogen and oxygen atoms in total. The van der Waals surface area contributed by atoms with Crippen molar-refractivity contribution in [1.82, 2.24) is 18.6 Å². The Morgan fingerprint density at radius 2 is 2.09 bits per heavy atom. The molecule has 1 unspecified atom stereocenters. The quantitative estimate of drug-likeness (QED) is 0.544. The molecule has 1 aromatic carbocycles. The average molecular weight is 494 g/mol. The van der Waals surface area contributed by atoms with Gasteiger partial charge in [-0.05, 0) is 31.0 Å². The molecule has 1 N–H and O–H groups in total. The molecule has 0 saturated carbocycles. The van der Waals surface area contributed by atoms with Crippen LogP contribution in [0.15, 0.2) is 36.7 Å². The minimum atomic E-state index is -3.99. The molecule has 1 amide bonds. The lowest BCUT2D eigenvalue weighted by molar-refractivity contribution is 0.0981. The largest absolute Gasteiger partial charge is 0.493 e. The highest BCUT2D eigenvalue weighted by Gasteiger charge is 2.31. The summed E-state index contributed by atoms with van der Waals surface area (Å²) >= 11 is 0. The Bertz CT molecular complexity index is 1340. The number of ether oxygens (including phenoxy) is 1. The summed E-state index contributed by atoms with van der Waals surface area (Å²) in [6.45, 7) is 2.46. The van der Waals surface area contributed by atoms with Crippen molar-refractivity contribution in [2.24, 2.45) is 0 Å². The second-order valence-corrected chi connectivity index (χ2v) is 9.76. The highest BCUT2D eigenvalue weighted by atomic mass is 32.2. The summed E-state index contributed by atoms with van der Waals surface area (Å²) in [7, 11) is -1.29. The van der Waals surface area contributed by atoms with Crippen LogP contribution >= 0.6 is 0 Å². The number of halogens is 2. The van der Waals surface area contributed by atoms with Crippen molar-refractivity contribution in [2.75, 3.05) is 32.1 Å². The summed E-state index contributed by atoms with van der Waals surface area (Å²) in [6, 6.07) is 5.20. The fraction of sp³-hybridized carbons (Fsp3) is 0.364. The number of hydrogen-bond acceptors (Lipinski definition) is 6. The van der Waals surface area contributed by atoms with Gasteiger partial charge in [0, 0.05) is 43.7 Å². The molecule has 182 valence electrons. The summed E-state index contributed by atoms with van der Waals surface area (Å²) in [5.74, 6) is -2.27. The molecule has 4 rings (SSSR count). The molecule has 1 atom stereocenters. The lowest BCUT2D eigenvalue weighted by Gasteiger charge is -2.28. The normalized spacial score (nSPS) is 16.4. The van der Waals surface area contributed by atoms with Crippen LogP contribution in [-0.2, 0) is 10.2 Å². The molecule has 12 heteroatoms. The second kappa shape index (κ2) is 9.18. The number of fused-ring (bicyclic) bond motifs is 1. The first-order chi connectivity index (χ1) is 16.2. The van der Waals surface area contributed by atoms with Crippen LogP contribution in [0, 0.1) is 11.6 Å². The number of aromatic nitrogens is 2. The van der Waals surface area contributed by atoms with Crippen molar-refractivity contribution in [3.8, 4) is 5.75 Å². The predicted molar refractivity (Wildman–Crippen MR) is 122 cm³/mol. The Labute approximate surface area is 196 Å². The topological polar surface area (TPSA) is 96.2 Å². The van der Waals surface area contributed by atoms with Gasteiger partial charge in [-0.2, -0.15) is 17.8 Å². The van der Waals surface area contributed by atoms with E-state index in [-0.39, 0.29) is 23.9 Å². The van der Waals surface area contributed by atoms with Crippen LogP contribution in [0.5, 0.6) is 5.75 Å². The van der Waals surface area contributed by atoms with Crippen LogP contribution in [-0.4, -0.2) is 55.5 Å². The summed E-state index contributed by atoms with van der Waals surface area (Å²) in [5.41, 5.74) is 1.58. The smallest absolute Gasteiger partial charge is 0.303 e. The van der Waals surface area contributed by atoms with Gasteiger partial charge in [0.05, 0.1) is 30.4 Å². The zero-order valence-corrected chi connectivity index (χ0v) is 19.8. The minimum absolute atomic E-state index is 0.00551. The lowest BCUT2D eigenvalue weighted by atomic mass is 10.0. The molecular weight excluding hydrogens is 468 g/mol. The third kappa shape index (κ3) is 4.30. The highest BCUT2D eigenvalue weighted by Crippen LogP contribution is 2.41. The molecule has 0 spiro atoms. The summed E-state index contributed by atoms with van der Waals surface area (Å²) in [4.78, 5) is 14.7. The summed E-state index contributed by atoms with van der Waals surface area (Å²) < 4.78 is 62.7. The molecule has 0 radical (unpaired) electrons. The van der Waals surface area contributed by atoms with Gasteiger partial charge in [0.1, 0.15) is 5.82 Å². The van der Waals surface area contributed by atoms with Gasteiger partial charge in [-0.15, -0.1) is 0 Å². The van der Waals surface area contributed by atoms with E-state index in [0.717, 1.165) is 16.8 Å². The maximum absolute atomic E-state index is 14.3. The van der Waals surface area contributed by atoms with Crippen molar-refractivity contribution >= 4 is 27.3 Å². The van der Waals surface area contributed by atoms with E-state index < -0.39 is 27.8 Å². The summed E-state index contributed by atoms with van der Waals surface area (Å²) in [6.07, 6.45) is 4.37. The number of anilines is 1. The van der Waals surface area contributed by atoms with Gasteiger partial charge < -0.3 is 9.64 Å². The Morgan fingerprint density at radius 1 is 1.32 bits per heavy atom. The Morgan fingerprint density at radius 3 is 2.79 bits per heavy atom. The number of pyridine rings is 1. The van der Waals surface area contributed by atoms with Crippen molar-refractivity contribution in [3.05, 3.63) is 59.4 Å². The monoisotopic (exact) mass is 493 g/mol. The van der Waals surface area contributed by atoms with Gasteiger partial charge in [-0.25, -0.2) is 18.0 Å². The number of benzene rings is 1. The fourth-order valence-electron chi connectivity index (χ4n) is 4.19. The van der Waals surface area contributed by atoms with E-state index in [2.05, 4.69) is 5.10 Å². The zero-order chi connectivity index (χ0) is 24.6. The minimum Gasteiger partial charge on any atom is -0.493 e. The van der Waals surface area contributed by atoms with E-state index >= 15 is 0 Å². The maximum Gasteiger partial charge on any atom is 0.303 e. The van der Waals surface area contributed by atoms with Gasteiger partial charge in [-0.3, -0.25) is 4.79 Å². The van der Waals surface area contributed by atoms with Gasteiger partial charge >= 0.3 is 10.2 Å². The van der Waals surface area contributed by atoms with E-state index in [1.807, 2.05) is 9.62 Å². The Balaban J connectivity index is 1.70. The Kier molecular flexibility index (Phi) is 6.45. The average Bonchev–Trinajstić information content (AvgIpc) is 3.44. The van der Waals surface area contributed by atoms with Crippen molar-refractivity contribution in [2.45, 2.75) is 25.8 Å². The molecule has 1 aliphatic rings. The van der Waals surface area contributed by atoms with E-state index in [1.165, 1.54) is 30.9 Å². The van der Waals surface area contributed by atoms with Crippen LogP contribution in [0.25, 0.3) is 5.52 Å². The van der Waals surface area contributed by atoms with Gasteiger partial charge in [0.25, 0.3) is 5.91 Å². The second-order valence-electron chi connectivity index (χ2n) is 7.98. The van der Waals surface area contributed by atoms with E-state index in [0.29, 0.717) is 29.7 Å². The van der Waals surface area contributed by atoms with Crippen LogP contribution in [0.1, 0.15) is 41.7 Å².